The molecule has 0 spiro atoms. The van der Waals surface area contributed by atoms with Crippen LogP contribution in [0, 0.1) is 0 Å². The Morgan fingerprint density at radius 3 is 2.11 bits per heavy atom. The van der Waals surface area contributed by atoms with Gasteiger partial charge in [0.25, 0.3) is 0 Å². The summed E-state index contributed by atoms with van der Waals surface area (Å²) in [5.41, 5.74) is 8.32. The minimum Gasteiger partial charge on any atom is -0.366 e. The lowest BCUT2D eigenvalue weighted by Crippen LogP contribution is -2.14. The van der Waals surface area contributed by atoms with Gasteiger partial charge in [0.05, 0.1) is 0 Å². The number of carbonyl (C=O) groups is 1. The number of benzene rings is 2. The first-order chi connectivity index (χ1) is 9.25. The van der Waals surface area contributed by atoms with Crippen molar-refractivity contribution in [3.8, 4) is 0 Å². The molecule has 96 valence electrons. The van der Waals surface area contributed by atoms with E-state index in [0.717, 1.165) is 12.0 Å². The van der Waals surface area contributed by atoms with E-state index in [1.54, 1.807) is 0 Å². The van der Waals surface area contributed by atoms with Crippen LogP contribution in [0.4, 0.5) is 0 Å². The van der Waals surface area contributed by atoms with Crippen molar-refractivity contribution >= 4 is 12.0 Å². The topological polar surface area (TPSA) is 43.1 Å². The van der Waals surface area contributed by atoms with Gasteiger partial charge >= 0.3 is 0 Å². The van der Waals surface area contributed by atoms with Gasteiger partial charge in [-0.25, -0.2) is 0 Å². The van der Waals surface area contributed by atoms with Crippen LogP contribution < -0.4 is 5.73 Å². The van der Waals surface area contributed by atoms with Crippen LogP contribution in [0.5, 0.6) is 0 Å². The third kappa shape index (κ3) is 4.11. The molecule has 2 nitrogen and oxygen atoms in total. The first-order valence-corrected chi connectivity index (χ1v) is 6.35. The van der Waals surface area contributed by atoms with E-state index in [1.165, 1.54) is 5.56 Å². The third-order valence-electron chi connectivity index (χ3n) is 2.98. The molecule has 0 fully saturated rings. The molecule has 0 heterocycles. The fourth-order valence-corrected chi connectivity index (χ4v) is 1.94. The summed E-state index contributed by atoms with van der Waals surface area (Å²) in [4.78, 5) is 11.5. The molecule has 0 aliphatic rings. The van der Waals surface area contributed by atoms with Crippen molar-refractivity contribution in [2.24, 2.45) is 5.73 Å². The summed E-state index contributed by atoms with van der Waals surface area (Å²) < 4.78 is 0. The van der Waals surface area contributed by atoms with E-state index in [1.807, 2.05) is 54.6 Å². The van der Waals surface area contributed by atoms with Gasteiger partial charge < -0.3 is 5.73 Å². The molecule has 0 unspecified atom stereocenters. The van der Waals surface area contributed by atoms with Gasteiger partial charge in [0.2, 0.25) is 5.91 Å². The Morgan fingerprint density at radius 2 is 1.53 bits per heavy atom. The molecule has 0 aliphatic heterocycles. The van der Waals surface area contributed by atoms with Crippen molar-refractivity contribution in [3.63, 3.8) is 0 Å². The van der Waals surface area contributed by atoms with Crippen molar-refractivity contribution < 1.29 is 4.79 Å². The van der Waals surface area contributed by atoms with Crippen LogP contribution in [-0.4, -0.2) is 5.91 Å². The lowest BCUT2D eigenvalue weighted by Gasteiger charge is -2.04. The monoisotopic (exact) mass is 251 g/mol. The molecule has 0 radical (unpaired) electrons. The Kier molecular flexibility index (Phi) is 4.51. The van der Waals surface area contributed by atoms with Crippen LogP contribution in [-0.2, 0) is 11.2 Å². The van der Waals surface area contributed by atoms with Crippen LogP contribution in [0.3, 0.4) is 0 Å². The first kappa shape index (κ1) is 13.1. The summed E-state index contributed by atoms with van der Waals surface area (Å²) in [6, 6.07) is 19.9. The average molecular weight is 251 g/mol. The number of primary amides is 1. The Bertz CT molecular complexity index is 558. The summed E-state index contributed by atoms with van der Waals surface area (Å²) in [7, 11) is 0. The minimum atomic E-state index is -0.347. The number of aryl methyl sites for hydroxylation is 1. The van der Waals surface area contributed by atoms with E-state index in [2.05, 4.69) is 12.1 Å². The molecule has 0 atom stereocenters. The molecular weight excluding hydrogens is 234 g/mol. The number of rotatable bonds is 5. The van der Waals surface area contributed by atoms with Crippen LogP contribution >= 0.6 is 0 Å². The molecule has 2 rings (SSSR count). The molecule has 0 bridgehead atoms. The highest BCUT2D eigenvalue weighted by molar-refractivity contribution is 5.96. The van der Waals surface area contributed by atoms with E-state index in [9.17, 15) is 4.79 Å². The van der Waals surface area contributed by atoms with E-state index in [4.69, 9.17) is 5.73 Å². The first-order valence-electron chi connectivity index (χ1n) is 6.35. The maximum absolute atomic E-state index is 11.5. The van der Waals surface area contributed by atoms with Gasteiger partial charge in [-0.1, -0.05) is 60.7 Å². The normalized spacial score (nSPS) is 11.3. The summed E-state index contributed by atoms with van der Waals surface area (Å²) >= 11 is 0. The van der Waals surface area contributed by atoms with Gasteiger partial charge in [0.1, 0.15) is 0 Å². The van der Waals surface area contributed by atoms with Crippen molar-refractivity contribution in [2.75, 3.05) is 0 Å². The second-order valence-corrected chi connectivity index (χ2v) is 4.43. The fraction of sp³-hybridized carbons (Fsp3) is 0.118. The summed E-state index contributed by atoms with van der Waals surface area (Å²) in [5.74, 6) is -0.347. The van der Waals surface area contributed by atoms with E-state index >= 15 is 0 Å². The zero-order valence-electron chi connectivity index (χ0n) is 10.8. The van der Waals surface area contributed by atoms with Gasteiger partial charge in [-0.15, -0.1) is 0 Å². The number of hydrogen-bond acceptors (Lipinski definition) is 1. The fourth-order valence-electron chi connectivity index (χ4n) is 1.94. The summed E-state index contributed by atoms with van der Waals surface area (Å²) in [6.07, 6.45) is 3.35. The van der Waals surface area contributed by atoms with Gasteiger partial charge in [-0.05, 0) is 30.0 Å². The van der Waals surface area contributed by atoms with Gasteiger partial charge in [0, 0.05) is 5.57 Å². The zero-order chi connectivity index (χ0) is 13.5. The highest BCUT2D eigenvalue weighted by Gasteiger charge is 2.05. The SMILES string of the molecule is NC(=O)C(=Cc1ccccc1)CCc1ccccc1. The third-order valence-corrected chi connectivity index (χ3v) is 2.98. The van der Waals surface area contributed by atoms with Crippen molar-refractivity contribution in [3.05, 3.63) is 77.4 Å². The molecule has 1 amide bonds. The number of hydrogen-bond donors (Lipinski definition) is 1. The molecule has 0 aromatic heterocycles. The molecule has 2 N–H and O–H groups in total. The molecule has 19 heavy (non-hydrogen) atoms. The molecular formula is C17H17NO. The van der Waals surface area contributed by atoms with E-state index in [0.29, 0.717) is 12.0 Å². The smallest absolute Gasteiger partial charge is 0.244 e. The number of amides is 1. The maximum atomic E-state index is 11.5. The summed E-state index contributed by atoms with van der Waals surface area (Å²) in [6.45, 7) is 0. The zero-order valence-corrected chi connectivity index (χ0v) is 10.8. The van der Waals surface area contributed by atoms with Crippen molar-refractivity contribution in [1.82, 2.24) is 0 Å². The Balaban J connectivity index is 2.09. The largest absolute Gasteiger partial charge is 0.366 e. The molecule has 2 aromatic rings. The predicted molar refractivity (Wildman–Crippen MR) is 78.4 cm³/mol. The molecule has 0 saturated heterocycles. The standard InChI is InChI=1S/C17H17NO/c18-17(19)16(13-15-9-5-2-6-10-15)12-11-14-7-3-1-4-8-14/h1-10,13H,11-12H2,(H2,18,19). The quantitative estimate of drug-likeness (QED) is 0.815. The number of nitrogens with two attached hydrogens (primary N) is 1. The second kappa shape index (κ2) is 6.55. The van der Waals surface area contributed by atoms with Gasteiger partial charge in [0.15, 0.2) is 0 Å². The highest BCUT2D eigenvalue weighted by Crippen LogP contribution is 2.13. The van der Waals surface area contributed by atoms with E-state index in [-0.39, 0.29) is 5.91 Å². The molecule has 0 saturated carbocycles. The summed E-state index contributed by atoms with van der Waals surface area (Å²) in [5, 5.41) is 0. The lowest BCUT2D eigenvalue weighted by molar-refractivity contribution is -0.114. The predicted octanol–water partition coefficient (Wildman–Crippen LogP) is 3.19. The average Bonchev–Trinajstić information content (AvgIpc) is 2.45. The highest BCUT2D eigenvalue weighted by atomic mass is 16.1. The second-order valence-electron chi connectivity index (χ2n) is 4.43. The Labute approximate surface area is 113 Å². The number of carbonyl (C=O) groups excluding carboxylic acids is 1. The van der Waals surface area contributed by atoms with Crippen LogP contribution in [0.25, 0.3) is 6.08 Å². The van der Waals surface area contributed by atoms with Gasteiger partial charge in [-0.3, -0.25) is 4.79 Å². The lowest BCUT2D eigenvalue weighted by atomic mass is 10.0. The van der Waals surface area contributed by atoms with Crippen LogP contribution in [0.2, 0.25) is 0 Å². The van der Waals surface area contributed by atoms with Gasteiger partial charge in [-0.2, -0.15) is 0 Å². The molecule has 0 aliphatic carbocycles. The van der Waals surface area contributed by atoms with E-state index < -0.39 is 0 Å². The molecule has 2 aromatic carbocycles. The van der Waals surface area contributed by atoms with Crippen molar-refractivity contribution in [1.29, 1.82) is 0 Å². The van der Waals surface area contributed by atoms with Crippen LogP contribution in [0.15, 0.2) is 66.2 Å². The van der Waals surface area contributed by atoms with Crippen molar-refractivity contribution in [2.45, 2.75) is 12.8 Å². The molecule has 2 heteroatoms. The Morgan fingerprint density at radius 1 is 0.947 bits per heavy atom. The van der Waals surface area contributed by atoms with Crippen LogP contribution in [0.1, 0.15) is 17.5 Å². The maximum Gasteiger partial charge on any atom is 0.244 e. The Hall–Kier alpha value is -2.35. The minimum absolute atomic E-state index is 0.347.